The number of carbonyl (C=O) groups is 2. The normalized spacial score (nSPS) is 14.6. The van der Waals surface area contributed by atoms with Crippen molar-refractivity contribution in [3.63, 3.8) is 0 Å². The Kier molecular flexibility index (Phi) is 9.57. The second-order valence-electron chi connectivity index (χ2n) is 8.97. The number of amides is 2. The number of nitrogens with zero attached hydrogens (tertiary/aromatic N) is 2. The quantitative estimate of drug-likeness (QED) is 0.331. The first kappa shape index (κ1) is 26.7. The van der Waals surface area contributed by atoms with Crippen LogP contribution in [0.15, 0.2) is 66.0 Å². The highest BCUT2D eigenvalue weighted by atomic mass is 32.1. The van der Waals surface area contributed by atoms with Gasteiger partial charge in [-0.3, -0.25) is 9.59 Å². The predicted octanol–water partition coefficient (Wildman–Crippen LogP) is 4.37. The lowest BCUT2D eigenvalue weighted by molar-refractivity contribution is -0.142. The SMILES string of the molecule is COCCCN(CC(=O)N1CCc2sccc2C1COc1cccc(OC)c1)C(=O)Cc1ccccc1. The van der Waals surface area contributed by atoms with E-state index in [1.165, 1.54) is 4.88 Å². The summed E-state index contributed by atoms with van der Waals surface area (Å²) < 4.78 is 16.6. The standard InChI is InChI=1S/C29H34N2O5S/c1-34-16-7-14-30(28(32)18-22-8-4-3-5-9-22)20-29(33)31-15-12-27-25(13-17-37-27)26(31)21-36-24-11-6-10-23(19-24)35-2/h3-6,8-11,13,17,19,26H,7,12,14-16,18,20-21H2,1-2H3. The first-order valence-electron chi connectivity index (χ1n) is 12.5. The fourth-order valence-corrected chi connectivity index (χ4v) is 5.50. The average Bonchev–Trinajstić information content (AvgIpc) is 3.41. The highest BCUT2D eigenvalue weighted by molar-refractivity contribution is 7.10. The molecule has 2 amide bonds. The Morgan fingerprint density at radius 1 is 1.05 bits per heavy atom. The molecule has 4 rings (SSSR count). The number of benzene rings is 2. The van der Waals surface area contributed by atoms with Crippen LogP contribution in [0.5, 0.6) is 11.5 Å². The number of methoxy groups -OCH3 is 2. The molecule has 0 bridgehead atoms. The maximum absolute atomic E-state index is 13.7. The lowest BCUT2D eigenvalue weighted by Crippen LogP contribution is -2.48. The Bertz CT molecular complexity index is 1170. The topological polar surface area (TPSA) is 68.3 Å². The monoisotopic (exact) mass is 522 g/mol. The molecule has 2 aromatic carbocycles. The molecule has 0 aliphatic carbocycles. The van der Waals surface area contributed by atoms with Gasteiger partial charge in [-0.1, -0.05) is 36.4 Å². The lowest BCUT2D eigenvalue weighted by Gasteiger charge is -2.37. The summed E-state index contributed by atoms with van der Waals surface area (Å²) >= 11 is 1.71. The van der Waals surface area contributed by atoms with Gasteiger partial charge in [-0.2, -0.15) is 0 Å². The molecule has 1 unspecified atom stereocenters. The molecule has 2 heterocycles. The molecule has 7 nitrogen and oxygen atoms in total. The minimum atomic E-state index is -0.223. The van der Waals surface area contributed by atoms with E-state index in [4.69, 9.17) is 14.2 Å². The molecule has 196 valence electrons. The summed E-state index contributed by atoms with van der Waals surface area (Å²) in [6, 6.07) is 18.9. The molecular formula is C29H34N2O5S. The molecular weight excluding hydrogens is 488 g/mol. The predicted molar refractivity (Wildman–Crippen MR) is 144 cm³/mol. The van der Waals surface area contributed by atoms with Gasteiger partial charge in [-0.15, -0.1) is 11.3 Å². The molecule has 0 saturated carbocycles. The summed E-state index contributed by atoms with van der Waals surface area (Å²) in [5.74, 6) is 1.27. The third-order valence-corrected chi connectivity index (χ3v) is 7.51. The van der Waals surface area contributed by atoms with Gasteiger partial charge in [0.05, 0.1) is 26.1 Å². The van der Waals surface area contributed by atoms with Crippen LogP contribution in [0, 0.1) is 0 Å². The van der Waals surface area contributed by atoms with Crippen LogP contribution in [0.3, 0.4) is 0 Å². The van der Waals surface area contributed by atoms with Crippen LogP contribution in [0.2, 0.25) is 0 Å². The largest absolute Gasteiger partial charge is 0.497 e. The van der Waals surface area contributed by atoms with Crippen LogP contribution >= 0.6 is 11.3 Å². The first-order chi connectivity index (χ1) is 18.1. The van der Waals surface area contributed by atoms with E-state index in [1.807, 2.05) is 59.5 Å². The average molecular weight is 523 g/mol. The summed E-state index contributed by atoms with van der Waals surface area (Å²) in [5.41, 5.74) is 2.05. The smallest absolute Gasteiger partial charge is 0.242 e. The second kappa shape index (κ2) is 13.3. The molecule has 3 aromatic rings. The Hall–Kier alpha value is -3.36. The highest BCUT2D eigenvalue weighted by Crippen LogP contribution is 2.34. The number of fused-ring (bicyclic) bond motifs is 1. The van der Waals surface area contributed by atoms with Crippen molar-refractivity contribution in [1.29, 1.82) is 0 Å². The summed E-state index contributed by atoms with van der Waals surface area (Å²) in [4.78, 5) is 31.7. The van der Waals surface area contributed by atoms with E-state index >= 15 is 0 Å². The molecule has 0 fully saturated rings. The number of ether oxygens (including phenoxy) is 3. The van der Waals surface area contributed by atoms with Crippen LogP contribution < -0.4 is 9.47 Å². The molecule has 0 spiro atoms. The van der Waals surface area contributed by atoms with Crippen LogP contribution in [0.4, 0.5) is 0 Å². The fraction of sp³-hybridized carbons (Fsp3) is 0.379. The van der Waals surface area contributed by atoms with Gasteiger partial charge in [-0.05, 0) is 47.5 Å². The van der Waals surface area contributed by atoms with Crippen molar-refractivity contribution in [2.75, 3.05) is 47.1 Å². The van der Waals surface area contributed by atoms with Crippen molar-refractivity contribution in [1.82, 2.24) is 9.80 Å². The lowest BCUT2D eigenvalue weighted by atomic mass is 10.0. The highest BCUT2D eigenvalue weighted by Gasteiger charge is 2.33. The molecule has 0 radical (unpaired) electrons. The van der Waals surface area contributed by atoms with Crippen molar-refractivity contribution >= 4 is 23.2 Å². The van der Waals surface area contributed by atoms with Gasteiger partial charge in [0.25, 0.3) is 0 Å². The van der Waals surface area contributed by atoms with Gasteiger partial charge in [0.1, 0.15) is 18.1 Å². The molecule has 1 aromatic heterocycles. The zero-order chi connectivity index (χ0) is 26.0. The summed E-state index contributed by atoms with van der Waals surface area (Å²) in [6.07, 6.45) is 1.73. The van der Waals surface area contributed by atoms with Crippen LogP contribution in [0.1, 0.15) is 28.5 Å². The van der Waals surface area contributed by atoms with Gasteiger partial charge in [-0.25, -0.2) is 0 Å². The Balaban J connectivity index is 1.48. The van der Waals surface area contributed by atoms with E-state index in [-0.39, 0.29) is 30.8 Å². The van der Waals surface area contributed by atoms with E-state index in [0.29, 0.717) is 44.2 Å². The molecule has 0 saturated heterocycles. The summed E-state index contributed by atoms with van der Waals surface area (Å²) in [7, 11) is 3.26. The molecule has 0 N–H and O–H groups in total. The molecule has 1 aliphatic heterocycles. The Morgan fingerprint density at radius 2 is 1.86 bits per heavy atom. The Labute approximate surface area is 222 Å². The number of hydrogen-bond donors (Lipinski definition) is 0. The zero-order valence-corrected chi connectivity index (χ0v) is 22.2. The van der Waals surface area contributed by atoms with Crippen molar-refractivity contribution in [3.8, 4) is 11.5 Å². The third kappa shape index (κ3) is 7.11. The van der Waals surface area contributed by atoms with E-state index in [1.54, 1.807) is 30.5 Å². The summed E-state index contributed by atoms with van der Waals surface area (Å²) in [5, 5.41) is 2.07. The molecule has 8 heteroatoms. The van der Waals surface area contributed by atoms with E-state index < -0.39 is 0 Å². The fourth-order valence-electron chi connectivity index (χ4n) is 4.57. The third-order valence-electron chi connectivity index (χ3n) is 6.52. The van der Waals surface area contributed by atoms with Gasteiger partial charge in [0, 0.05) is 37.7 Å². The zero-order valence-electron chi connectivity index (χ0n) is 21.4. The number of rotatable bonds is 12. The minimum absolute atomic E-state index is 0.0323. The Morgan fingerprint density at radius 3 is 2.65 bits per heavy atom. The van der Waals surface area contributed by atoms with Crippen molar-refractivity contribution in [2.45, 2.75) is 25.3 Å². The number of hydrogen-bond acceptors (Lipinski definition) is 6. The van der Waals surface area contributed by atoms with Gasteiger partial charge < -0.3 is 24.0 Å². The van der Waals surface area contributed by atoms with Crippen molar-refractivity contribution in [3.05, 3.63) is 82.0 Å². The van der Waals surface area contributed by atoms with E-state index in [0.717, 1.165) is 17.5 Å². The van der Waals surface area contributed by atoms with Crippen molar-refractivity contribution < 1.29 is 23.8 Å². The van der Waals surface area contributed by atoms with E-state index in [2.05, 4.69) is 11.4 Å². The maximum Gasteiger partial charge on any atom is 0.242 e. The molecule has 1 atom stereocenters. The van der Waals surface area contributed by atoms with Crippen LogP contribution in [-0.2, 0) is 27.2 Å². The molecule has 37 heavy (non-hydrogen) atoms. The van der Waals surface area contributed by atoms with E-state index in [9.17, 15) is 9.59 Å². The van der Waals surface area contributed by atoms with Crippen LogP contribution in [-0.4, -0.2) is 68.7 Å². The number of carbonyl (C=O) groups excluding carboxylic acids is 2. The van der Waals surface area contributed by atoms with Gasteiger partial charge >= 0.3 is 0 Å². The molecule has 1 aliphatic rings. The number of thiophene rings is 1. The van der Waals surface area contributed by atoms with Gasteiger partial charge in [0.2, 0.25) is 11.8 Å². The van der Waals surface area contributed by atoms with Gasteiger partial charge in [0.15, 0.2) is 0 Å². The van der Waals surface area contributed by atoms with Crippen LogP contribution in [0.25, 0.3) is 0 Å². The first-order valence-corrected chi connectivity index (χ1v) is 13.4. The maximum atomic E-state index is 13.7. The minimum Gasteiger partial charge on any atom is -0.497 e. The second-order valence-corrected chi connectivity index (χ2v) is 9.97. The summed E-state index contributed by atoms with van der Waals surface area (Å²) in [6.45, 7) is 1.95. The van der Waals surface area contributed by atoms with Crippen molar-refractivity contribution in [2.24, 2.45) is 0 Å².